The smallest absolute Gasteiger partial charge is 0.278 e. The molecule has 0 unspecified atom stereocenters. The summed E-state index contributed by atoms with van der Waals surface area (Å²) in [6.07, 6.45) is 2.15. The zero-order valence-electron chi connectivity index (χ0n) is 6.91. The molecule has 6 heteroatoms. The number of aromatic amines is 1. The number of aryl methyl sites for hydroxylation is 1. The summed E-state index contributed by atoms with van der Waals surface area (Å²) >= 11 is 3.20. The molecule has 2 aromatic rings. The summed E-state index contributed by atoms with van der Waals surface area (Å²) in [7, 11) is 0. The van der Waals surface area contributed by atoms with Crippen molar-refractivity contribution in [1.29, 1.82) is 0 Å². The van der Waals surface area contributed by atoms with Gasteiger partial charge in [0.1, 0.15) is 10.8 Å². The molecule has 0 bridgehead atoms. The Morgan fingerprint density at radius 2 is 2.46 bits per heavy atom. The van der Waals surface area contributed by atoms with Crippen molar-refractivity contribution in [3.63, 3.8) is 0 Å². The Kier molecular flexibility index (Phi) is 1.91. The molecule has 0 fully saturated rings. The van der Waals surface area contributed by atoms with E-state index in [2.05, 4.69) is 31.0 Å². The molecule has 0 aliphatic heterocycles. The maximum atomic E-state index is 11.6. The van der Waals surface area contributed by atoms with Crippen LogP contribution in [0.1, 0.15) is 12.6 Å². The fourth-order valence-electron chi connectivity index (χ4n) is 1.11. The van der Waals surface area contributed by atoms with Crippen molar-refractivity contribution < 1.29 is 0 Å². The fourth-order valence-corrected chi connectivity index (χ4v) is 1.66. The average Bonchev–Trinajstić information content (AvgIpc) is 2.59. The number of nitrogens with zero attached hydrogens (tertiary/aromatic N) is 3. The molecule has 68 valence electrons. The Labute approximate surface area is 81.9 Å². The predicted octanol–water partition coefficient (Wildman–Crippen LogP) is 0.742. The van der Waals surface area contributed by atoms with Gasteiger partial charge in [-0.15, -0.1) is 0 Å². The van der Waals surface area contributed by atoms with Crippen molar-refractivity contribution in [2.45, 2.75) is 13.3 Å². The standard InChI is InChI=1S/C7H7BrN4O/c1-2-4-5(8)6(13)12-7(11-4)9-3-10-12/h3H,2H2,1H3,(H,9,10,11). The number of nitrogens with one attached hydrogen (secondary N) is 1. The molecule has 0 atom stereocenters. The first kappa shape index (κ1) is 8.43. The molecule has 2 aromatic heterocycles. The average molecular weight is 243 g/mol. The monoisotopic (exact) mass is 242 g/mol. The first-order chi connectivity index (χ1) is 6.24. The third-order valence-corrected chi connectivity index (χ3v) is 2.58. The Morgan fingerprint density at radius 3 is 3.15 bits per heavy atom. The molecule has 13 heavy (non-hydrogen) atoms. The van der Waals surface area contributed by atoms with Gasteiger partial charge in [-0.05, 0) is 22.4 Å². The maximum absolute atomic E-state index is 11.6. The molecule has 0 radical (unpaired) electrons. The fraction of sp³-hybridized carbons (Fsp3) is 0.286. The molecule has 0 aliphatic carbocycles. The highest BCUT2D eigenvalue weighted by molar-refractivity contribution is 9.10. The lowest BCUT2D eigenvalue weighted by Crippen LogP contribution is -2.18. The van der Waals surface area contributed by atoms with Crippen LogP contribution in [0.5, 0.6) is 0 Å². The molecule has 2 heterocycles. The lowest BCUT2D eigenvalue weighted by molar-refractivity contribution is 0.863. The molecule has 0 aliphatic rings. The molecule has 5 nitrogen and oxygen atoms in total. The van der Waals surface area contributed by atoms with Gasteiger partial charge >= 0.3 is 0 Å². The second kappa shape index (κ2) is 2.95. The topological polar surface area (TPSA) is 63.1 Å². The summed E-state index contributed by atoms with van der Waals surface area (Å²) < 4.78 is 1.79. The van der Waals surface area contributed by atoms with Crippen LogP contribution in [0.25, 0.3) is 5.78 Å². The highest BCUT2D eigenvalue weighted by Crippen LogP contribution is 2.09. The van der Waals surface area contributed by atoms with Crippen LogP contribution < -0.4 is 5.56 Å². The number of fused-ring (bicyclic) bond motifs is 1. The van der Waals surface area contributed by atoms with Crippen LogP contribution in [0.2, 0.25) is 0 Å². The largest absolute Gasteiger partial charge is 0.288 e. The van der Waals surface area contributed by atoms with Crippen molar-refractivity contribution >= 4 is 21.7 Å². The summed E-state index contributed by atoms with van der Waals surface area (Å²) in [5.74, 6) is 0.407. The molecular formula is C7H7BrN4O. The zero-order chi connectivity index (χ0) is 9.42. The van der Waals surface area contributed by atoms with Crippen LogP contribution in [-0.4, -0.2) is 19.6 Å². The van der Waals surface area contributed by atoms with Gasteiger partial charge in [0.25, 0.3) is 11.3 Å². The van der Waals surface area contributed by atoms with E-state index in [0.29, 0.717) is 16.7 Å². The first-order valence-corrected chi connectivity index (χ1v) is 4.64. The van der Waals surface area contributed by atoms with E-state index in [4.69, 9.17) is 0 Å². The van der Waals surface area contributed by atoms with Crippen molar-refractivity contribution in [1.82, 2.24) is 19.6 Å². The third-order valence-electron chi connectivity index (χ3n) is 1.78. The number of H-pyrrole nitrogens is 1. The number of aromatic nitrogens is 4. The zero-order valence-corrected chi connectivity index (χ0v) is 8.50. The lowest BCUT2D eigenvalue weighted by Gasteiger charge is -1.98. The van der Waals surface area contributed by atoms with Gasteiger partial charge in [0.15, 0.2) is 0 Å². The van der Waals surface area contributed by atoms with Crippen molar-refractivity contribution in [2.24, 2.45) is 0 Å². The predicted molar refractivity (Wildman–Crippen MR) is 50.7 cm³/mol. The maximum Gasteiger partial charge on any atom is 0.288 e. The number of hydrogen-bond donors (Lipinski definition) is 1. The van der Waals surface area contributed by atoms with E-state index in [9.17, 15) is 4.79 Å². The number of rotatable bonds is 1. The Hall–Kier alpha value is -1.17. The molecular weight excluding hydrogens is 236 g/mol. The Morgan fingerprint density at radius 1 is 1.69 bits per heavy atom. The number of hydrogen-bond acceptors (Lipinski definition) is 3. The molecule has 0 saturated heterocycles. The van der Waals surface area contributed by atoms with Crippen LogP contribution in [0.15, 0.2) is 15.6 Å². The van der Waals surface area contributed by atoms with Crippen molar-refractivity contribution in [3.8, 4) is 0 Å². The normalized spacial score (nSPS) is 10.9. The summed E-state index contributed by atoms with van der Waals surface area (Å²) in [4.78, 5) is 19.7. The first-order valence-electron chi connectivity index (χ1n) is 3.84. The highest BCUT2D eigenvalue weighted by atomic mass is 79.9. The minimum atomic E-state index is -0.153. The molecule has 2 rings (SSSR count). The summed E-state index contributed by atoms with van der Waals surface area (Å²) in [5, 5.41) is 2.68. The SMILES string of the molecule is CCc1nc2nc[nH]n2c(=O)c1Br. The van der Waals surface area contributed by atoms with Gasteiger partial charge < -0.3 is 0 Å². The van der Waals surface area contributed by atoms with Crippen LogP contribution in [-0.2, 0) is 6.42 Å². The van der Waals surface area contributed by atoms with Crippen LogP contribution in [0, 0.1) is 0 Å². The Bertz CT molecular complexity index is 501. The van der Waals surface area contributed by atoms with E-state index >= 15 is 0 Å². The molecule has 0 spiro atoms. The second-order valence-electron chi connectivity index (χ2n) is 2.55. The Balaban J connectivity index is 2.92. The second-order valence-corrected chi connectivity index (χ2v) is 3.35. The highest BCUT2D eigenvalue weighted by Gasteiger charge is 2.09. The van der Waals surface area contributed by atoms with Crippen LogP contribution >= 0.6 is 15.9 Å². The molecule has 0 saturated carbocycles. The van der Waals surface area contributed by atoms with Crippen molar-refractivity contribution in [3.05, 3.63) is 26.8 Å². The number of halogens is 1. The lowest BCUT2D eigenvalue weighted by atomic mass is 10.3. The van der Waals surface area contributed by atoms with E-state index < -0.39 is 0 Å². The van der Waals surface area contributed by atoms with E-state index in [1.165, 1.54) is 10.8 Å². The van der Waals surface area contributed by atoms with Crippen LogP contribution in [0.3, 0.4) is 0 Å². The molecule has 1 N–H and O–H groups in total. The summed E-state index contributed by atoms with van der Waals surface area (Å²) in [5.41, 5.74) is 0.580. The van der Waals surface area contributed by atoms with Gasteiger partial charge in [0.05, 0.1) is 5.69 Å². The minimum absolute atomic E-state index is 0.153. The van der Waals surface area contributed by atoms with Crippen molar-refractivity contribution in [2.75, 3.05) is 0 Å². The van der Waals surface area contributed by atoms with E-state index in [0.717, 1.165) is 5.69 Å². The third kappa shape index (κ3) is 1.17. The van der Waals surface area contributed by atoms with Gasteiger partial charge in [-0.3, -0.25) is 9.89 Å². The van der Waals surface area contributed by atoms with Gasteiger partial charge in [0, 0.05) is 0 Å². The van der Waals surface area contributed by atoms with Crippen LogP contribution in [0.4, 0.5) is 0 Å². The summed E-state index contributed by atoms with van der Waals surface area (Å²) in [6, 6.07) is 0. The minimum Gasteiger partial charge on any atom is -0.278 e. The van der Waals surface area contributed by atoms with Gasteiger partial charge in [-0.1, -0.05) is 6.92 Å². The quantitative estimate of drug-likeness (QED) is 0.803. The van der Waals surface area contributed by atoms with E-state index in [-0.39, 0.29) is 5.56 Å². The van der Waals surface area contributed by atoms with Gasteiger partial charge in [-0.2, -0.15) is 4.52 Å². The molecule has 0 amide bonds. The molecule has 0 aromatic carbocycles. The van der Waals surface area contributed by atoms with E-state index in [1.54, 1.807) is 0 Å². The van der Waals surface area contributed by atoms with E-state index in [1.807, 2.05) is 6.92 Å². The van der Waals surface area contributed by atoms with Gasteiger partial charge in [0.2, 0.25) is 0 Å². The van der Waals surface area contributed by atoms with Gasteiger partial charge in [-0.25, -0.2) is 9.97 Å². The summed E-state index contributed by atoms with van der Waals surface area (Å²) in [6.45, 7) is 1.94.